The van der Waals surface area contributed by atoms with E-state index in [1.165, 1.54) is 28.7 Å². The summed E-state index contributed by atoms with van der Waals surface area (Å²) in [5.41, 5.74) is 1.56. The van der Waals surface area contributed by atoms with Gasteiger partial charge in [-0.25, -0.2) is 4.39 Å². The van der Waals surface area contributed by atoms with Gasteiger partial charge in [0.05, 0.1) is 0 Å². The third kappa shape index (κ3) is 4.69. The number of nitrogens with zero attached hydrogens (tertiary/aromatic N) is 3. The maximum Gasteiger partial charge on any atom is 0.269 e. The van der Waals surface area contributed by atoms with Gasteiger partial charge in [0, 0.05) is 11.9 Å². The molecule has 168 valence electrons. The molecule has 7 nitrogen and oxygen atoms in total. The molecule has 0 radical (unpaired) electrons. The van der Waals surface area contributed by atoms with E-state index in [1.807, 2.05) is 38.1 Å². The fourth-order valence-corrected chi connectivity index (χ4v) is 3.24. The van der Waals surface area contributed by atoms with Crippen molar-refractivity contribution < 1.29 is 13.9 Å². The molecule has 8 heteroatoms. The van der Waals surface area contributed by atoms with Gasteiger partial charge in [-0.1, -0.05) is 23.8 Å². The number of aromatic nitrogens is 2. The molecule has 2 heterocycles. The van der Waals surface area contributed by atoms with Crippen LogP contribution in [0.15, 0.2) is 77.2 Å². The summed E-state index contributed by atoms with van der Waals surface area (Å²) in [7, 11) is 0. The topological polar surface area (TPSA) is 96.5 Å². The second-order valence-corrected chi connectivity index (χ2v) is 7.57. The highest BCUT2D eigenvalue weighted by atomic mass is 19.1. The zero-order valence-corrected chi connectivity index (χ0v) is 18.4. The van der Waals surface area contributed by atoms with Crippen LogP contribution in [0.2, 0.25) is 0 Å². The van der Waals surface area contributed by atoms with Crippen LogP contribution in [0.3, 0.4) is 0 Å². The van der Waals surface area contributed by atoms with Crippen molar-refractivity contribution in [3.05, 3.63) is 105 Å². The second kappa shape index (κ2) is 9.38. The number of ether oxygens (including phenoxy) is 1. The van der Waals surface area contributed by atoms with Crippen LogP contribution in [0.25, 0.3) is 11.7 Å². The molecule has 2 aromatic heterocycles. The first-order valence-corrected chi connectivity index (χ1v) is 10.3. The Balaban J connectivity index is 1.82. The average Bonchev–Trinajstić information content (AvgIpc) is 2.82. The van der Waals surface area contributed by atoms with Gasteiger partial charge in [0.25, 0.3) is 11.5 Å². The van der Waals surface area contributed by atoms with Crippen molar-refractivity contribution in [1.29, 1.82) is 5.26 Å². The molecule has 1 amide bonds. The van der Waals surface area contributed by atoms with Crippen LogP contribution in [0.1, 0.15) is 16.7 Å². The number of pyridine rings is 1. The van der Waals surface area contributed by atoms with Crippen LogP contribution in [0, 0.1) is 31.0 Å². The highest BCUT2D eigenvalue weighted by Crippen LogP contribution is 2.25. The van der Waals surface area contributed by atoms with Gasteiger partial charge in [-0.05, 0) is 68.0 Å². The normalized spacial score (nSPS) is 11.2. The maximum atomic E-state index is 13.3. The lowest BCUT2D eigenvalue weighted by molar-refractivity contribution is -0.112. The standard InChI is InChI=1S/C26H19FN4O3/c1-16-5-11-21(12-6-16)34-25-22(26(33)31-13-3-4-17(2)23(31)30-25)14-18(15-28)24(32)29-20-9-7-19(27)8-10-20/h3-14H,1-2H3,(H,29,32)/b18-14-. The maximum absolute atomic E-state index is 13.3. The summed E-state index contributed by atoms with van der Waals surface area (Å²) >= 11 is 0. The molecule has 0 aliphatic heterocycles. The van der Waals surface area contributed by atoms with Gasteiger partial charge in [0.1, 0.15) is 34.4 Å². The number of hydrogen-bond donors (Lipinski definition) is 1. The third-order valence-electron chi connectivity index (χ3n) is 5.04. The summed E-state index contributed by atoms with van der Waals surface area (Å²) in [6, 6.07) is 17.6. The van der Waals surface area contributed by atoms with Gasteiger partial charge in [-0.3, -0.25) is 14.0 Å². The summed E-state index contributed by atoms with van der Waals surface area (Å²) in [5.74, 6) is -0.813. The van der Waals surface area contributed by atoms with E-state index in [9.17, 15) is 19.2 Å². The highest BCUT2D eigenvalue weighted by Gasteiger charge is 2.18. The molecule has 0 saturated carbocycles. The lowest BCUT2D eigenvalue weighted by Gasteiger charge is -2.12. The minimum absolute atomic E-state index is 0.0366. The number of nitriles is 1. The number of carbonyl (C=O) groups is 1. The van der Waals surface area contributed by atoms with E-state index in [4.69, 9.17) is 4.74 Å². The van der Waals surface area contributed by atoms with Crippen LogP contribution in [0.5, 0.6) is 11.6 Å². The van der Waals surface area contributed by atoms with Crippen molar-refractivity contribution in [2.24, 2.45) is 0 Å². The fraction of sp³-hybridized carbons (Fsp3) is 0.0769. The van der Waals surface area contributed by atoms with Crippen LogP contribution >= 0.6 is 0 Å². The number of aryl methyl sites for hydroxylation is 2. The van der Waals surface area contributed by atoms with Crippen molar-refractivity contribution in [2.75, 3.05) is 5.32 Å². The molecule has 1 N–H and O–H groups in total. The Morgan fingerprint density at radius 1 is 1.12 bits per heavy atom. The Morgan fingerprint density at radius 2 is 1.82 bits per heavy atom. The minimum atomic E-state index is -0.760. The molecule has 0 aliphatic carbocycles. The number of rotatable bonds is 5. The number of halogens is 1. The predicted octanol–water partition coefficient (Wildman–Crippen LogP) is 4.79. The summed E-state index contributed by atoms with van der Waals surface area (Å²) in [5, 5.41) is 12.1. The van der Waals surface area contributed by atoms with Crippen molar-refractivity contribution in [3.8, 4) is 17.7 Å². The SMILES string of the molecule is Cc1ccc(Oc2nc3c(C)cccn3c(=O)c2/C=C(/C#N)C(=O)Nc2ccc(F)cc2)cc1. The van der Waals surface area contributed by atoms with E-state index in [0.29, 0.717) is 17.1 Å². The van der Waals surface area contributed by atoms with Crippen molar-refractivity contribution in [2.45, 2.75) is 13.8 Å². The van der Waals surface area contributed by atoms with Gasteiger partial charge in [-0.2, -0.15) is 10.2 Å². The summed E-state index contributed by atoms with van der Waals surface area (Å²) < 4.78 is 20.4. The van der Waals surface area contributed by atoms with E-state index in [1.54, 1.807) is 24.4 Å². The van der Waals surface area contributed by atoms with E-state index in [-0.39, 0.29) is 17.0 Å². The molecule has 0 saturated heterocycles. The van der Waals surface area contributed by atoms with E-state index >= 15 is 0 Å². The largest absolute Gasteiger partial charge is 0.438 e. The quantitative estimate of drug-likeness (QED) is 0.346. The Kier molecular flexibility index (Phi) is 6.19. The molecule has 0 atom stereocenters. The molecule has 0 spiro atoms. The first kappa shape index (κ1) is 22.4. The number of nitrogens with one attached hydrogen (secondary N) is 1. The summed E-state index contributed by atoms with van der Waals surface area (Å²) in [6.45, 7) is 3.74. The Morgan fingerprint density at radius 3 is 2.50 bits per heavy atom. The number of anilines is 1. The fourth-order valence-electron chi connectivity index (χ4n) is 3.24. The second-order valence-electron chi connectivity index (χ2n) is 7.57. The van der Waals surface area contributed by atoms with Gasteiger partial charge in [0.15, 0.2) is 0 Å². The molecule has 0 aliphatic rings. The van der Waals surface area contributed by atoms with Crippen molar-refractivity contribution in [1.82, 2.24) is 9.38 Å². The zero-order chi connectivity index (χ0) is 24.2. The number of hydrogen-bond acceptors (Lipinski definition) is 5. The van der Waals surface area contributed by atoms with Gasteiger partial charge >= 0.3 is 0 Å². The number of amides is 1. The first-order valence-electron chi connectivity index (χ1n) is 10.3. The highest BCUT2D eigenvalue weighted by molar-refractivity contribution is 6.09. The summed E-state index contributed by atoms with van der Waals surface area (Å²) in [4.78, 5) is 30.5. The average molecular weight is 454 g/mol. The molecule has 34 heavy (non-hydrogen) atoms. The van der Waals surface area contributed by atoms with Crippen LogP contribution in [-0.4, -0.2) is 15.3 Å². The van der Waals surface area contributed by atoms with E-state index in [0.717, 1.165) is 17.2 Å². The van der Waals surface area contributed by atoms with E-state index < -0.39 is 17.3 Å². The number of carbonyl (C=O) groups excluding carboxylic acids is 1. The van der Waals surface area contributed by atoms with E-state index in [2.05, 4.69) is 10.3 Å². The summed E-state index contributed by atoms with van der Waals surface area (Å²) in [6.07, 6.45) is 2.70. The Hall–Kier alpha value is -4.77. The molecule has 4 aromatic rings. The molecule has 4 rings (SSSR count). The van der Waals surface area contributed by atoms with Gasteiger partial charge in [0.2, 0.25) is 5.88 Å². The van der Waals surface area contributed by atoms with Crippen LogP contribution in [-0.2, 0) is 4.79 Å². The number of benzene rings is 2. The number of fused-ring (bicyclic) bond motifs is 1. The van der Waals surface area contributed by atoms with Crippen LogP contribution < -0.4 is 15.6 Å². The van der Waals surface area contributed by atoms with Crippen LogP contribution in [0.4, 0.5) is 10.1 Å². The molecular weight excluding hydrogens is 435 g/mol. The van der Waals surface area contributed by atoms with Gasteiger partial charge < -0.3 is 10.1 Å². The minimum Gasteiger partial charge on any atom is -0.438 e. The third-order valence-corrected chi connectivity index (χ3v) is 5.04. The smallest absolute Gasteiger partial charge is 0.269 e. The molecule has 0 bridgehead atoms. The van der Waals surface area contributed by atoms with Crippen molar-refractivity contribution in [3.63, 3.8) is 0 Å². The molecular formula is C26H19FN4O3. The predicted molar refractivity (Wildman–Crippen MR) is 126 cm³/mol. The lowest BCUT2D eigenvalue weighted by atomic mass is 10.1. The molecule has 0 unspecified atom stereocenters. The zero-order valence-electron chi connectivity index (χ0n) is 18.4. The van der Waals surface area contributed by atoms with Crippen molar-refractivity contribution >= 4 is 23.3 Å². The molecule has 2 aromatic carbocycles. The first-order chi connectivity index (χ1) is 16.4. The Bertz CT molecular complexity index is 1520. The monoisotopic (exact) mass is 454 g/mol. The lowest BCUT2D eigenvalue weighted by Crippen LogP contribution is -2.20. The Labute approximate surface area is 194 Å². The molecule has 0 fully saturated rings. The van der Waals surface area contributed by atoms with Gasteiger partial charge in [-0.15, -0.1) is 0 Å².